The number of allylic oxidation sites excluding steroid dienone is 2. The van der Waals surface area contributed by atoms with Crippen LogP contribution in [0.15, 0.2) is 41.1 Å². The van der Waals surface area contributed by atoms with Gasteiger partial charge in [0.15, 0.2) is 9.84 Å². The molecule has 140 valence electrons. The quantitative estimate of drug-likeness (QED) is 0.646. The van der Waals surface area contributed by atoms with E-state index in [1.807, 2.05) is 25.3 Å². The van der Waals surface area contributed by atoms with Gasteiger partial charge in [-0.1, -0.05) is 32.0 Å². The predicted molar refractivity (Wildman–Crippen MR) is 104 cm³/mol. The average Bonchev–Trinajstić information content (AvgIpc) is 3.00. The topological polar surface area (TPSA) is 78.8 Å². The van der Waals surface area contributed by atoms with Gasteiger partial charge in [0.1, 0.15) is 0 Å². The second-order valence-electron chi connectivity index (χ2n) is 7.54. The number of carbonyl (C=O) groups is 1. The Morgan fingerprint density at radius 3 is 2.77 bits per heavy atom. The summed E-state index contributed by atoms with van der Waals surface area (Å²) in [6.07, 6.45) is 4.24. The minimum Gasteiger partial charge on any atom is -0.347 e. The van der Waals surface area contributed by atoms with Crippen LogP contribution in [0.1, 0.15) is 32.3 Å². The van der Waals surface area contributed by atoms with Gasteiger partial charge in [0.05, 0.1) is 11.5 Å². The Balaban J connectivity index is 1.61. The third kappa shape index (κ3) is 3.67. The maximum atomic E-state index is 11.9. The smallest absolute Gasteiger partial charge is 0.240 e. The first-order valence-corrected chi connectivity index (χ1v) is 10.6. The Labute approximate surface area is 154 Å². The summed E-state index contributed by atoms with van der Waals surface area (Å²) in [6.45, 7) is 4.32. The Hall–Kier alpha value is -2.15. The summed E-state index contributed by atoms with van der Waals surface area (Å²) < 4.78 is 22.9. The van der Waals surface area contributed by atoms with Crippen LogP contribution in [0.2, 0.25) is 0 Å². The van der Waals surface area contributed by atoms with Gasteiger partial charge in [-0.15, -0.1) is 0 Å². The lowest BCUT2D eigenvalue weighted by atomic mass is 9.84. The standard InChI is InChI=1S/C19H25N3O3S/c1-19(2)15-6-4-5-7-16(15)22(3)17(19)8-10-20-21-18(23)12-14-9-11-26(24,25)13-14/h4-8,10,14H,9,11-13H2,1-3H3,(H,21,23)/b17-8-,20-10-/t14-/m1/s1. The zero-order chi connectivity index (χ0) is 18.9. The molecule has 26 heavy (non-hydrogen) atoms. The number of carbonyl (C=O) groups excluding carboxylic acids is 1. The lowest BCUT2D eigenvalue weighted by Crippen LogP contribution is -2.23. The maximum absolute atomic E-state index is 11.9. The number of nitrogens with one attached hydrogen (secondary N) is 1. The molecule has 2 heterocycles. The number of likely N-dealkylation sites (N-methyl/N-ethyl adjacent to an activating group) is 1. The van der Waals surface area contributed by atoms with Crippen molar-refractivity contribution in [2.45, 2.75) is 32.1 Å². The molecule has 1 amide bonds. The normalized spacial score (nSPS) is 25.0. The Morgan fingerprint density at radius 2 is 2.12 bits per heavy atom. The van der Waals surface area contributed by atoms with E-state index < -0.39 is 9.84 Å². The molecular weight excluding hydrogens is 350 g/mol. The second-order valence-corrected chi connectivity index (χ2v) is 9.77. The number of amides is 1. The lowest BCUT2D eigenvalue weighted by Gasteiger charge is -2.23. The minimum atomic E-state index is -2.96. The molecule has 0 spiro atoms. The molecule has 3 rings (SSSR count). The third-order valence-electron chi connectivity index (χ3n) is 5.24. The van der Waals surface area contributed by atoms with Gasteiger partial charge >= 0.3 is 0 Å². The van der Waals surface area contributed by atoms with Gasteiger partial charge in [0, 0.05) is 36.5 Å². The van der Waals surface area contributed by atoms with Gasteiger partial charge in [-0.3, -0.25) is 4.79 Å². The number of benzene rings is 1. The number of rotatable bonds is 4. The number of nitrogens with zero attached hydrogens (tertiary/aromatic N) is 2. The van der Waals surface area contributed by atoms with E-state index in [0.717, 1.165) is 5.70 Å². The summed E-state index contributed by atoms with van der Waals surface area (Å²) in [5.74, 6) is -0.0553. The third-order valence-corrected chi connectivity index (χ3v) is 7.07. The highest BCUT2D eigenvalue weighted by Crippen LogP contribution is 2.46. The molecule has 1 aromatic rings. The first-order chi connectivity index (χ1) is 12.2. The van der Waals surface area contributed by atoms with Gasteiger partial charge in [-0.2, -0.15) is 5.10 Å². The molecule has 0 aliphatic carbocycles. The van der Waals surface area contributed by atoms with Crippen LogP contribution in [-0.4, -0.2) is 39.1 Å². The van der Waals surface area contributed by atoms with E-state index in [9.17, 15) is 13.2 Å². The van der Waals surface area contributed by atoms with Crippen molar-refractivity contribution in [1.82, 2.24) is 5.43 Å². The van der Waals surface area contributed by atoms with E-state index in [1.165, 1.54) is 11.3 Å². The number of fused-ring (bicyclic) bond motifs is 1. The molecule has 0 saturated carbocycles. The number of sulfone groups is 1. The van der Waals surface area contributed by atoms with E-state index in [0.29, 0.717) is 6.42 Å². The van der Waals surface area contributed by atoms with Crippen LogP contribution < -0.4 is 10.3 Å². The molecule has 0 radical (unpaired) electrons. The fourth-order valence-electron chi connectivity index (χ4n) is 3.86. The van der Waals surface area contributed by atoms with Gasteiger partial charge < -0.3 is 4.90 Å². The molecule has 2 aliphatic heterocycles. The number of hydrogen-bond acceptors (Lipinski definition) is 5. The second kappa shape index (κ2) is 6.87. The number of hydrazone groups is 1. The number of anilines is 1. The van der Waals surface area contributed by atoms with Crippen molar-refractivity contribution in [1.29, 1.82) is 0 Å². The van der Waals surface area contributed by atoms with Gasteiger partial charge in [-0.05, 0) is 30.0 Å². The highest BCUT2D eigenvalue weighted by molar-refractivity contribution is 7.91. The van der Waals surface area contributed by atoms with E-state index in [4.69, 9.17) is 0 Å². The molecule has 1 N–H and O–H groups in total. The van der Waals surface area contributed by atoms with Gasteiger partial charge in [-0.25, -0.2) is 13.8 Å². The molecule has 1 atom stereocenters. The van der Waals surface area contributed by atoms with E-state index in [1.54, 1.807) is 6.21 Å². The molecule has 6 nitrogen and oxygen atoms in total. The molecular formula is C19H25N3O3S. The molecule has 2 aliphatic rings. The molecule has 1 fully saturated rings. The lowest BCUT2D eigenvalue weighted by molar-refractivity contribution is -0.121. The van der Waals surface area contributed by atoms with Crippen molar-refractivity contribution in [3.63, 3.8) is 0 Å². The highest BCUT2D eigenvalue weighted by Gasteiger charge is 2.37. The SMILES string of the molecule is CN1/C(=C\C=N/NC(=O)C[C@H]2CCS(=O)(=O)C2)C(C)(C)c2ccccc21. The van der Waals surface area contributed by atoms with E-state index in [2.05, 4.69) is 41.4 Å². The molecule has 0 aromatic heterocycles. The average molecular weight is 375 g/mol. The van der Waals surface area contributed by atoms with Crippen LogP contribution >= 0.6 is 0 Å². The van der Waals surface area contributed by atoms with E-state index in [-0.39, 0.29) is 35.2 Å². The number of para-hydroxylation sites is 1. The van der Waals surface area contributed by atoms with Crippen molar-refractivity contribution < 1.29 is 13.2 Å². The summed E-state index contributed by atoms with van der Waals surface area (Å²) in [6, 6.07) is 8.27. The molecule has 0 unspecified atom stereocenters. The Morgan fingerprint density at radius 1 is 1.38 bits per heavy atom. The van der Waals surface area contributed by atoms with Crippen LogP contribution in [0, 0.1) is 5.92 Å². The van der Waals surface area contributed by atoms with Crippen LogP contribution in [-0.2, 0) is 20.0 Å². The monoisotopic (exact) mass is 375 g/mol. The fraction of sp³-hybridized carbons (Fsp3) is 0.474. The van der Waals surface area contributed by atoms with Crippen molar-refractivity contribution in [3.05, 3.63) is 41.6 Å². The summed E-state index contributed by atoms with van der Waals surface area (Å²) >= 11 is 0. The first-order valence-electron chi connectivity index (χ1n) is 8.77. The summed E-state index contributed by atoms with van der Waals surface area (Å²) in [5.41, 5.74) is 5.88. The van der Waals surface area contributed by atoms with Gasteiger partial charge in [0.25, 0.3) is 0 Å². The Bertz CT molecular complexity index is 872. The van der Waals surface area contributed by atoms with E-state index >= 15 is 0 Å². The zero-order valence-electron chi connectivity index (χ0n) is 15.4. The highest BCUT2D eigenvalue weighted by atomic mass is 32.2. The van der Waals surface area contributed by atoms with Crippen LogP contribution in [0.25, 0.3) is 0 Å². The number of hydrogen-bond donors (Lipinski definition) is 1. The van der Waals surface area contributed by atoms with Crippen LogP contribution in [0.4, 0.5) is 5.69 Å². The van der Waals surface area contributed by atoms with Gasteiger partial charge in [0.2, 0.25) is 5.91 Å². The largest absolute Gasteiger partial charge is 0.347 e. The van der Waals surface area contributed by atoms with Crippen molar-refractivity contribution >= 4 is 27.6 Å². The maximum Gasteiger partial charge on any atom is 0.240 e. The van der Waals surface area contributed by atoms with Crippen molar-refractivity contribution in [2.24, 2.45) is 11.0 Å². The minimum absolute atomic E-state index is 0.0945. The van der Waals surface area contributed by atoms with Crippen molar-refractivity contribution in [3.8, 4) is 0 Å². The van der Waals surface area contributed by atoms with Crippen molar-refractivity contribution in [2.75, 3.05) is 23.5 Å². The molecule has 1 aromatic carbocycles. The molecule has 0 bridgehead atoms. The van der Waals surface area contributed by atoms with Crippen LogP contribution in [0.5, 0.6) is 0 Å². The summed E-state index contributed by atoms with van der Waals surface area (Å²) in [7, 11) is -0.936. The fourth-order valence-corrected chi connectivity index (χ4v) is 5.72. The summed E-state index contributed by atoms with van der Waals surface area (Å²) in [5, 5.41) is 4.00. The predicted octanol–water partition coefficient (Wildman–Crippen LogP) is 2.22. The van der Waals surface area contributed by atoms with Crippen LogP contribution in [0.3, 0.4) is 0 Å². The first kappa shape index (κ1) is 18.6. The molecule has 1 saturated heterocycles. The zero-order valence-corrected chi connectivity index (χ0v) is 16.2. The Kier molecular flexibility index (Phi) is 4.92. The summed E-state index contributed by atoms with van der Waals surface area (Å²) in [4.78, 5) is 14.1. The molecule has 7 heteroatoms.